The van der Waals surface area contributed by atoms with Crippen molar-refractivity contribution in [1.29, 1.82) is 0 Å². The molecule has 0 spiro atoms. The van der Waals surface area contributed by atoms with E-state index in [0.717, 1.165) is 0 Å². The Bertz CT molecular complexity index is 187. The fourth-order valence-corrected chi connectivity index (χ4v) is 0.984. The predicted molar refractivity (Wildman–Crippen MR) is 40.4 cm³/mol. The molecule has 0 aromatic heterocycles. The van der Waals surface area contributed by atoms with Crippen molar-refractivity contribution in [2.75, 3.05) is 6.61 Å². The van der Waals surface area contributed by atoms with Gasteiger partial charge in [0.15, 0.2) is 0 Å². The molecule has 1 aliphatic heterocycles. The number of hydrogen-bond acceptors (Lipinski definition) is 4. The fraction of sp³-hybridized carbons (Fsp3) is 0.750. The van der Waals surface area contributed by atoms with Crippen molar-refractivity contribution in [2.24, 2.45) is 0 Å². The molecule has 1 heterocycles. The van der Waals surface area contributed by atoms with E-state index in [1.165, 1.54) is 0 Å². The topological polar surface area (TPSA) is 52.6 Å². The van der Waals surface area contributed by atoms with Crippen LogP contribution in [0.3, 0.4) is 0 Å². The second kappa shape index (κ2) is 4.09. The first-order valence-corrected chi connectivity index (χ1v) is 4.03. The molecular formula is C8H12O4. The lowest BCUT2D eigenvalue weighted by Gasteiger charge is -2.09. The summed E-state index contributed by atoms with van der Waals surface area (Å²) < 4.78 is 9.69. The van der Waals surface area contributed by atoms with E-state index in [4.69, 9.17) is 9.47 Å². The van der Waals surface area contributed by atoms with Gasteiger partial charge in [-0.05, 0) is 13.3 Å². The van der Waals surface area contributed by atoms with Crippen LogP contribution in [0.15, 0.2) is 0 Å². The van der Waals surface area contributed by atoms with E-state index in [2.05, 4.69) is 0 Å². The van der Waals surface area contributed by atoms with Crippen LogP contribution in [0.25, 0.3) is 0 Å². The largest absolute Gasteiger partial charge is 0.465 e. The highest BCUT2D eigenvalue weighted by Crippen LogP contribution is 2.07. The van der Waals surface area contributed by atoms with Gasteiger partial charge in [0.1, 0.15) is 6.61 Å². The Labute approximate surface area is 70.8 Å². The minimum absolute atomic E-state index is 0.143. The van der Waals surface area contributed by atoms with Gasteiger partial charge >= 0.3 is 11.9 Å². The van der Waals surface area contributed by atoms with E-state index in [1.54, 1.807) is 6.92 Å². The highest BCUT2D eigenvalue weighted by molar-refractivity contribution is 5.72. The van der Waals surface area contributed by atoms with Crippen molar-refractivity contribution in [3.63, 3.8) is 0 Å². The van der Waals surface area contributed by atoms with Crippen LogP contribution in [-0.2, 0) is 19.1 Å². The van der Waals surface area contributed by atoms with Gasteiger partial charge in [0, 0.05) is 6.42 Å². The first kappa shape index (κ1) is 9.03. The second-order valence-corrected chi connectivity index (χ2v) is 2.81. The molecule has 1 atom stereocenters. The van der Waals surface area contributed by atoms with Gasteiger partial charge < -0.3 is 9.47 Å². The first-order valence-electron chi connectivity index (χ1n) is 4.03. The van der Waals surface area contributed by atoms with Crippen molar-refractivity contribution in [3.8, 4) is 0 Å². The maximum Gasteiger partial charge on any atom is 0.309 e. The zero-order valence-electron chi connectivity index (χ0n) is 7.04. The zero-order chi connectivity index (χ0) is 8.97. The summed E-state index contributed by atoms with van der Waals surface area (Å²) in [6.45, 7) is 1.92. The molecule has 0 bridgehead atoms. The molecule has 4 nitrogen and oxygen atoms in total. The van der Waals surface area contributed by atoms with Crippen LogP contribution >= 0.6 is 0 Å². The third kappa shape index (κ3) is 2.90. The molecule has 0 radical (unpaired) electrons. The van der Waals surface area contributed by atoms with E-state index in [1.807, 2.05) is 0 Å². The zero-order valence-corrected chi connectivity index (χ0v) is 7.04. The Hall–Kier alpha value is -1.06. The number of cyclic esters (lactones) is 2. The highest BCUT2D eigenvalue weighted by Gasteiger charge is 2.15. The number of carbonyl (C=O) groups excluding carboxylic acids is 2. The molecular weight excluding hydrogens is 160 g/mol. The molecule has 0 N–H and O–H groups in total. The van der Waals surface area contributed by atoms with Gasteiger partial charge in [-0.2, -0.15) is 0 Å². The van der Waals surface area contributed by atoms with E-state index >= 15 is 0 Å². The molecule has 1 saturated heterocycles. The normalized spacial score (nSPS) is 26.2. The smallest absolute Gasteiger partial charge is 0.309 e. The molecule has 0 aromatic rings. The van der Waals surface area contributed by atoms with Gasteiger partial charge in [0.2, 0.25) is 0 Å². The summed E-state index contributed by atoms with van der Waals surface area (Å²) in [6.07, 6.45) is 0.859. The summed E-state index contributed by atoms with van der Waals surface area (Å²) in [5.74, 6) is -0.544. The van der Waals surface area contributed by atoms with Gasteiger partial charge in [-0.15, -0.1) is 0 Å². The van der Waals surface area contributed by atoms with Gasteiger partial charge in [0.25, 0.3) is 0 Å². The first-order chi connectivity index (χ1) is 5.68. The monoisotopic (exact) mass is 172 g/mol. The molecule has 1 rings (SSSR count). The molecule has 0 aliphatic carbocycles. The Morgan fingerprint density at radius 1 is 1.25 bits per heavy atom. The van der Waals surface area contributed by atoms with Crippen molar-refractivity contribution < 1.29 is 19.1 Å². The van der Waals surface area contributed by atoms with Gasteiger partial charge in [-0.3, -0.25) is 9.59 Å². The van der Waals surface area contributed by atoms with Crippen molar-refractivity contribution >= 4 is 11.9 Å². The van der Waals surface area contributed by atoms with Crippen LogP contribution < -0.4 is 0 Å². The molecule has 0 amide bonds. The molecule has 1 aliphatic rings. The van der Waals surface area contributed by atoms with Crippen LogP contribution in [0.5, 0.6) is 0 Å². The van der Waals surface area contributed by atoms with Crippen molar-refractivity contribution in [1.82, 2.24) is 0 Å². The lowest BCUT2D eigenvalue weighted by molar-refractivity contribution is -0.149. The number of rotatable bonds is 0. The SMILES string of the molecule is CC1CCC(=O)OCCC(=O)O1. The van der Waals surface area contributed by atoms with Gasteiger partial charge in [0.05, 0.1) is 12.5 Å². The Morgan fingerprint density at radius 3 is 2.75 bits per heavy atom. The number of ether oxygens (including phenoxy) is 2. The number of hydrogen-bond donors (Lipinski definition) is 0. The van der Waals surface area contributed by atoms with Crippen molar-refractivity contribution in [3.05, 3.63) is 0 Å². The van der Waals surface area contributed by atoms with Crippen LogP contribution in [0.1, 0.15) is 26.2 Å². The van der Waals surface area contributed by atoms with Gasteiger partial charge in [-0.1, -0.05) is 0 Å². The predicted octanol–water partition coefficient (Wildman–Crippen LogP) is 0.645. The Kier molecular flexibility index (Phi) is 3.08. The van der Waals surface area contributed by atoms with E-state index in [9.17, 15) is 9.59 Å². The maximum absolute atomic E-state index is 10.9. The standard InChI is InChI=1S/C8H12O4/c1-6-2-3-7(9)11-5-4-8(10)12-6/h6H,2-5H2,1H3. The lowest BCUT2D eigenvalue weighted by atomic mass is 10.2. The number of esters is 2. The molecule has 4 heteroatoms. The Morgan fingerprint density at radius 2 is 2.00 bits per heavy atom. The van der Waals surface area contributed by atoms with E-state index in [-0.39, 0.29) is 31.1 Å². The van der Waals surface area contributed by atoms with E-state index in [0.29, 0.717) is 12.8 Å². The quantitative estimate of drug-likeness (QED) is 0.503. The summed E-state index contributed by atoms with van der Waals surface area (Å²) in [6, 6.07) is 0. The summed E-state index contributed by atoms with van der Waals surface area (Å²) >= 11 is 0. The van der Waals surface area contributed by atoms with Crippen molar-refractivity contribution in [2.45, 2.75) is 32.3 Å². The number of carbonyl (C=O) groups is 2. The molecule has 0 aromatic carbocycles. The van der Waals surface area contributed by atoms with Crippen LogP contribution in [0.2, 0.25) is 0 Å². The third-order valence-corrected chi connectivity index (χ3v) is 1.66. The third-order valence-electron chi connectivity index (χ3n) is 1.66. The van der Waals surface area contributed by atoms with E-state index < -0.39 is 0 Å². The summed E-state index contributed by atoms with van der Waals surface area (Å²) in [4.78, 5) is 21.7. The average molecular weight is 172 g/mol. The minimum atomic E-state index is -0.294. The molecule has 1 fully saturated rings. The average Bonchev–Trinajstić information content (AvgIpc) is 2.05. The molecule has 68 valence electrons. The summed E-state index contributed by atoms with van der Waals surface area (Å²) in [5.41, 5.74) is 0. The fourth-order valence-electron chi connectivity index (χ4n) is 0.984. The Balaban J connectivity index is 2.46. The van der Waals surface area contributed by atoms with Crippen LogP contribution in [0, 0.1) is 0 Å². The maximum atomic E-state index is 10.9. The second-order valence-electron chi connectivity index (χ2n) is 2.81. The summed E-state index contributed by atoms with van der Waals surface area (Å²) in [7, 11) is 0. The summed E-state index contributed by atoms with van der Waals surface area (Å²) in [5, 5.41) is 0. The van der Waals surface area contributed by atoms with Crippen LogP contribution in [-0.4, -0.2) is 24.6 Å². The molecule has 1 unspecified atom stereocenters. The lowest BCUT2D eigenvalue weighted by Crippen LogP contribution is -2.14. The molecule has 0 saturated carbocycles. The highest BCUT2D eigenvalue weighted by atomic mass is 16.6. The molecule has 12 heavy (non-hydrogen) atoms. The minimum Gasteiger partial charge on any atom is -0.465 e. The van der Waals surface area contributed by atoms with Gasteiger partial charge in [-0.25, -0.2) is 0 Å². The van der Waals surface area contributed by atoms with Crippen LogP contribution in [0.4, 0.5) is 0 Å².